The molecule has 0 amide bonds. The number of ether oxygens (including phenoxy) is 2. The number of hydrogen-bond donors (Lipinski definition) is 1. The maximum atomic E-state index is 13.3. The van der Waals surface area contributed by atoms with E-state index in [9.17, 15) is 14.5 Å². The molecule has 0 aliphatic carbocycles. The van der Waals surface area contributed by atoms with Gasteiger partial charge in [-0.05, 0) is 50.1 Å². The van der Waals surface area contributed by atoms with E-state index in [4.69, 9.17) is 26.9 Å². The monoisotopic (exact) mass is 502 g/mol. The van der Waals surface area contributed by atoms with Gasteiger partial charge in [0.15, 0.2) is 11.5 Å². The van der Waals surface area contributed by atoms with Crippen LogP contribution >= 0.6 is 11.6 Å². The largest absolute Gasteiger partial charge is 0.493 e. The summed E-state index contributed by atoms with van der Waals surface area (Å²) in [5, 5.41) is 3.32. The van der Waals surface area contributed by atoms with E-state index in [2.05, 4.69) is 10.2 Å². The number of nitrogens with two attached hydrogens (primary N) is 1. The van der Waals surface area contributed by atoms with Crippen molar-refractivity contribution in [2.75, 3.05) is 19.5 Å². The first-order chi connectivity index (χ1) is 16.7. The lowest BCUT2D eigenvalue weighted by atomic mass is 10.2. The second-order valence-corrected chi connectivity index (χ2v) is 8.36. The van der Waals surface area contributed by atoms with Gasteiger partial charge in [-0.25, -0.2) is 19.1 Å². The fourth-order valence-electron chi connectivity index (χ4n) is 3.36. The molecule has 0 bridgehead atoms. The fourth-order valence-corrected chi connectivity index (χ4v) is 3.49. The highest BCUT2D eigenvalue weighted by atomic mass is 35.5. The minimum Gasteiger partial charge on any atom is -0.493 e. The summed E-state index contributed by atoms with van der Waals surface area (Å²) in [6.45, 7) is 3.81. The SMILES string of the molecule is COc1cc(N=c2n(N)c(=O)n(CCCN=O)c(=O)n2Cc2ccc(Cl)cc2)ccc1OC(C)C. The van der Waals surface area contributed by atoms with Gasteiger partial charge in [0.25, 0.3) is 0 Å². The molecule has 2 N–H and O–H groups in total. The van der Waals surface area contributed by atoms with Crippen molar-refractivity contribution in [3.05, 3.63) is 84.5 Å². The average Bonchev–Trinajstić information content (AvgIpc) is 2.83. The molecule has 0 saturated carbocycles. The first-order valence-corrected chi connectivity index (χ1v) is 11.3. The Morgan fingerprint density at radius 2 is 1.74 bits per heavy atom. The van der Waals surface area contributed by atoms with E-state index in [0.717, 1.165) is 14.8 Å². The number of nitrogen functional groups attached to an aromatic ring is 1. The van der Waals surface area contributed by atoms with Gasteiger partial charge >= 0.3 is 11.4 Å². The van der Waals surface area contributed by atoms with Crippen LogP contribution in [0.4, 0.5) is 5.69 Å². The van der Waals surface area contributed by atoms with Crippen LogP contribution in [-0.2, 0) is 13.1 Å². The molecular formula is C23H27ClN6O5. The number of methoxy groups -OCH3 is 1. The van der Waals surface area contributed by atoms with Crippen LogP contribution < -0.4 is 32.3 Å². The fraction of sp³-hybridized carbons (Fsp3) is 0.348. The number of benzene rings is 2. The average molecular weight is 503 g/mol. The van der Waals surface area contributed by atoms with Crippen LogP contribution in [0.25, 0.3) is 0 Å². The number of rotatable bonds is 10. The Morgan fingerprint density at radius 3 is 2.37 bits per heavy atom. The van der Waals surface area contributed by atoms with Crippen molar-refractivity contribution in [3.63, 3.8) is 0 Å². The Morgan fingerprint density at radius 1 is 1.03 bits per heavy atom. The van der Waals surface area contributed by atoms with Crippen LogP contribution in [0, 0.1) is 4.91 Å². The van der Waals surface area contributed by atoms with E-state index in [1.807, 2.05) is 13.8 Å². The van der Waals surface area contributed by atoms with Crippen LogP contribution in [0.15, 0.2) is 62.2 Å². The third kappa shape index (κ3) is 6.18. The van der Waals surface area contributed by atoms with Crippen molar-refractivity contribution in [1.82, 2.24) is 13.8 Å². The molecule has 35 heavy (non-hydrogen) atoms. The van der Waals surface area contributed by atoms with Crippen LogP contribution in [0.2, 0.25) is 5.02 Å². The molecular weight excluding hydrogens is 476 g/mol. The molecule has 0 unspecified atom stereocenters. The maximum absolute atomic E-state index is 13.3. The van der Waals surface area contributed by atoms with E-state index in [0.29, 0.717) is 22.2 Å². The Hall–Kier alpha value is -3.86. The zero-order valence-corrected chi connectivity index (χ0v) is 20.4. The molecule has 0 spiro atoms. The van der Waals surface area contributed by atoms with Gasteiger partial charge in [-0.3, -0.25) is 4.57 Å². The summed E-state index contributed by atoms with van der Waals surface area (Å²) >= 11 is 5.99. The van der Waals surface area contributed by atoms with E-state index in [-0.39, 0.29) is 37.8 Å². The number of nitrogens with zero attached hydrogens (tertiary/aromatic N) is 5. The predicted octanol–water partition coefficient (Wildman–Crippen LogP) is 2.41. The molecule has 3 aromatic rings. The highest BCUT2D eigenvalue weighted by Gasteiger charge is 2.14. The maximum Gasteiger partial charge on any atom is 0.353 e. The predicted molar refractivity (Wildman–Crippen MR) is 133 cm³/mol. The van der Waals surface area contributed by atoms with Crippen molar-refractivity contribution in [2.45, 2.75) is 39.5 Å². The second-order valence-electron chi connectivity index (χ2n) is 7.92. The second kappa shape index (κ2) is 11.5. The highest BCUT2D eigenvalue weighted by Crippen LogP contribution is 2.31. The number of hydrogen-bond acceptors (Lipinski definition) is 8. The molecule has 1 heterocycles. The van der Waals surface area contributed by atoms with Crippen LogP contribution in [0.1, 0.15) is 25.8 Å². The molecule has 0 aliphatic heterocycles. The quantitative estimate of drug-likeness (QED) is 0.257. The van der Waals surface area contributed by atoms with Gasteiger partial charge in [-0.2, -0.15) is 9.58 Å². The van der Waals surface area contributed by atoms with Crippen molar-refractivity contribution in [1.29, 1.82) is 0 Å². The van der Waals surface area contributed by atoms with Crippen molar-refractivity contribution in [2.24, 2.45) is 10.2 Å². The normalized spacial score (nSPS) is 11.6. The molecule has 11 nitrogen and oxygen atoms in total. The van der Waals surface area contributed by atoms with Gasteiger partial charge in [0.2, 0.25) is 5.62 Å². The highest BCUT2D eigenvalue weighted by molar-refractivity contribution is 6.30. The number of halogens is 1. The molecule has 12 heteroatoms. The lowest BCUT2D eigenvalue weighted by Crippen LogP contribution is -2.57. The third-order valence-corrected chi connectivity index (χ3v) is 5.23. The lowest BCUT2D eigenvalue weighted by Gasteiger charge is -2.15. The summed E-state index contributed by atoms with van der Waals surface area (Å²) in [5.41, 5.74) is -0.323. The van der Waals surface area contributed by atoms with Gasteiger partial charge < -0.3 is 15.3 Å². The van der Waals surface area contributed by atoms with E-state index in [1.54, 1.807) is 42.5 Å². The van der Waals surface area contributed by atoms with Crippen LogP contribution in [-0.4, -0.2) is 33.6 Å². The number of aromatic nitrogens is 3. The molecule has 0 saturated heterocycles. The van der Waals surface area contributed by atoms with E-state index < -0.39 is 11.4 Å². The molecule has 0 radical (unpaired) electrons. The van der Waals surface area contributed by atoms with Crippen LogP contribution in [0.3, 0.4) is 0 Å². The molecule has 1 aromatic heterocycles. The summed E-state index contributed by atoms with van der Waals surface area (Å²) in [7, 11) is 1.50. The lowest BCUT2D eigenvalue weighted by molar-refractivity contribution is 0.230. The summed E-state index contributed by atoms with van der Waals surface area (Å²) in [6, 6.07) is 11.9. The summed E-state index contributed by atoms with van der Waals surface area (Å²) in [5.74, 6) is 7.08. The van der Waals surface area contributed by atoms with Gasteiger partial charge in [0.1, 0.15) is 0 Å². The third-order valence-electron chi connectivity index (χ3n) is 4.98. The van der Waals surface area contributed by atoms with E-state index in [1.165, 1.54) is 11.7 Å². The minimum absolute atomic E-state index is 0.0173. The van der Waals surface area contributed by atoms with Crippen LogP contribution in [0.5, 0.6) is 11.5 Å². The van der Waals surface area contributed by atoms with Gasteiger partial charge in [-0.1, -0.05) is 28.9 Å². The van der Waals surface area contributed by atoms with Gasteiger partial charge in [0, 0.05) is 17.6 Å². The smallest absolute Gasteiger partial charge is 0.353 e. The standard InChI is InChI=1S/C23H27ClN6O5/c1-15(2)35-19-10-9-18(13-20(19)34-3)27-21-29(14-16-5-7-17(24)8-6-16)22(31)28(12-4-11-26-33)23(32)30(21)25/h5-10,13,15H,4,11-12,14,25H2,1-3H3. The molecule has 3 rings (SSSR count). The summed E-state index contributed by atoms with van der Waals surface area (Å²) < 4.78 is 14.2. The topological polar surface area (TPSA) is 135 Å². The molecule has 0 atom stereocenters. The summed E-state index contributed by atoms with van der Waals surface area (Å²) in [6.07, 6.45) is 0.148. The first-order valence-electron chi connectivity index (χ1n) is 10.9. The van der Waals surface area contributed by atoms with E-state index >= 15 is 0 Å². The molecule has 0 aliphatic rings. The molecule has 186 valence electrons. The Balaban J connectivity index is 2.21. The van der Waals surface area contributed by atoms with Gasteiger partial charge in [-0.15, -0.1) is 0 Å². The zero-order chi connectivity index (χ0) is 25.5. The number of nitroso groups, excluding NO2 is 1. The minimum atomic E-state index is -0.765. The summed E-state index contributed by atoms with van der Waals surface area (Å²) in [4.78, 5) is 41.2. The zero-order valence-electron chi connectivity index (χ0n) is 19.7. The Kier molecular flexibility index (Phi) is 8.48. The van der Waals surface area contributed by atoms with Crippen molar-refractivity contribution >= 4 is 17.3 Å². The van der Waals surface area contributed by atoms with Crippen molar-refractivity contribution in [3.8, 4) is 11.5 Å². The first kappa shape index (κ1) is 25.8. The Bertz CT molecular complexity index is 1380. The Labute approximate surface area is 206 Å². The van der Waals surface area contributed by atoms with Crippen molar-refractivity contribution < 1.29 is 9.47 Å². The molecule has 2 aromatic carbocycles. The van der Waals surface area contributed by atoms with Gasteiger partial charge in [0.05, 0.1) is 32.0 Å². The molecule has 0 fully saturated rings.